The van der Waals surface area contributed by atoms with Crippen LogP contribution in [0.25, 0.3) is 5.65 Å². The number of carbonyl (C=O) groups is 1. The van der Waals surface area contributed by atoms with E-state index in [1.54, 1.807) is 6.07 Å². The van der Waals surface area contributed by atoms with Gasteiger partial charge in [0.1, 0.15) is 18.0 Å². The predicted octanol–water partition coefficient (Wildman–Crippen LogP) is 2.87. The summed E-state index contributed by atoms with van der Waals surface area (Å²) in [5.74, 6) is 0.697. The summed E-state index contributed by atoms with van der Waals surface area (Å²) >= 11 is 0. The molecule has 140 valence electrons. The Morgan fingerprint density at radius 1 is 1.22 bits per heavy atom. The van der Waals surface area contributed by atoms with Crippen LogP contribution in [0.5, 0.6) is 5.75 Å². The van der Waals surface area contributed by atoms with E-state index in [1.165, 1.54) is 0 Å². The van der Waals surface area contributed by atoms with Crippen LogP contribution in [-0.2, 0) is 6.61 Å². The Balaban J connectivity index is 1.46. The Hall–Kier alpha value is -2.86. The van der Waals surface area contributed by atoms with Crippen molar-refractivity contribution in [3.8, 4) is 5.75 Å². The number of nitrogens with zero attached hydrogens (tertiary/aromatic N) is 3. The van der Waals surface area contributed by atoms with Crippen LogP contribution in [0, 0.1) is 0 Å². The van der Waals surface area contributed by atoms with Crippen molar-refractivity contribution in [2.45, 2.75) is 31.9 Å². The lowest BCUT2D eigenvalue weighted by Gasteiger charge is -2.35. The summed E-state index contributed by atoms with van der Waals surface area (Å²) in [6.07, 6.45) is 7.05. The SMILES string of the molecule is NCC1CCCCN1C(=O)c1cccc(OCc2cn3ccccc3n2)c1. The molecule has 1 atom stereocenters. The molecule has 0 bridgehead atoms. The van der Waals surface area contributed by atoms with E-state index < -0.39 is 0 Å². The molecule has 1 aromatic carbocycles. The average Bonchev–Trinajstić information content (AvgIpc) is 3.15. The largest absolute Gasteiger partial charge is 0.487 e. The van der Waals surface area contributed by atoms with Gasteiger partial charge in [-0.2, -0.15) is 0 Å². The van der Waals surface area contributed by atoms with Crippen molar-refractivity contribution in [1.29, 1.82) is 0 Å². The molecule has 1 unspecified atom stereocenters. The Morgan fingerprint density at radius 2 is 2.15 bits per heavy atom. The van der Waals surface area contributed by atoms with Gasteiger partial charge in [-0.25, -0.2) is 4.98 Å². The minimum atomic E-state index is 0.0309. The molecule has 0 radical (unpaired) electrons. The second-order valence-corrected chi connectivity index (χ2v) is 6.90. The van der Waals surface area contributed by atoms with E-state index in [9.17, 15) is 4.79 Å². The van der Waals surface area contributed by atoms with E-state index >= 15 is 0 Å². The highest BCUT2D eigenvalue weighted by Gasteiger charge is 2.26. The molecule has 1 aliphatic rings. The monoisotopic (exact) mass is 364 g/mol. The summed E-state index contributed by atoms with van der Waals surface area (Å²) in [6.45, 7) is 1.64. The first-order chi connectivity index (χ1) is 13.2. The van der Waals surface area contributed by atoms with Crippen LogP contribution >= 0.6 is 0 Å². The summed E-state index contributed by atoms with van der Waals surface area (Å²) in [4.78, 5) is 19.3. The zero-order chi connectivity index (χ0) is 18.6. The molecule has 6 heteroatoms. The number of hydrogen-bond acceptors (Lipinski definition) is 4. The number of piperidine rings is 1. The molecule has 3 heterocycles. The van der Waals surface area contributed by atoms with Gasteiger partial charge in [-0.05, 0) is 49.6 Å². The quantitative estimate of drug-likeness (QED) is 0.756. The third kappa shape index (κ3) is 3.80. The molecule has 0 spiro atoms. The van der Waals surface area contributed by atoms with Crippen molar-refractivity contribution in [2.75, 3.05) is 13.1 Å². The fraction of sp³-hybridized carbons (Fsp3) is 0.333. The summed E-state index contributed by atoms with van der Waals surface area (Å²) in [5, 5.41) is 0. The molecule has 3 aromatic rings. The molecule has 1 saturated heterocycles. The summed E-state index contributed by atoms with van der Waals surface area (Å²) < 4.78 is 7.84. The molecular formula is C21H24N4O2. The molecule has 2 aromatic heterocycles. The Bertz CT molecular complexity index is 904. The number of pyridine rings is 1. The number of carbonyl (C=O) groups excluding carboxylic acids is 1. The smallest absolute Gasteiger partial charge is 0.254 e. The first-order valence-electron chi connectivity index (χ1n) is 9.41. The van der Waals surface area contributed by atoms with E-state index in [-0.39, 0.29) is 11.9 Å². The highest BCUT2D eigenvalue weighted by Crippen LogP contribution is 2.22. The third-order valence-electron chi connectivity index (χ3n) is 5.04. The van der Waals surface area contributed by atoms with Crippen LogP contribution in [-0.4, -0.2) is 39.3 Å². The standard InChI is InChI=1S/C21H24N4O2/c22-13-18-7-1-4-11-25(18)21(26)16-6-5-8-19(12-16)27-15-17-14-24-10-3-2-9-20(24)23-17/h2-3,5-6,8-10,12,14,18H,1,4,7,11,13,15,22H2. The maximum atomic E-state index is 12.9. The number of imidazole rings is 1. The van der Waals surface area contributed by atoms with E-state index in [0.717, 1.165) is 37.1 Å². The predicted molar refractivity (Wildman–Crippen MR) is 104 cm³/mol. The lowest BCUT2D eigenvalue weighted by Crippen LogP contribution is -2.47. The van der Waals surface area contributed by atoms with E-state index in [4.69, 9.17) is 10.5 Å². The minimum Gasteiger partial charge on any atom is -0.487 e. The fourth-order valence-corrected chi connectivity index (χ4v) is 3.61. The number of hydrogen-bond donors (Lipinski definition) is 1. The summed E-state index contributed by atoms with van der Waals surface area (Å²) in [5.41, 5.74) is 8.23. The first-order valence-corrected chi connectivity index (χ1v) is 9.41. The van der Waals surface area contributed by atoms with Gasteiger partial charge in [0.15, 0.2) is 0 Å². The van der Waals surface area contributed by atoms with Crippen LogP contribution in [0.2, 0.25) is 0 Å². The Kier molecular flexibility index (Phi) is 5.07. The number of rotatable bonds is 5. The van der Waals surface area contributed by atoms with Gasteiger partial charge in [0, 0.05) is 37.1 Å². The molecule has 0 saturated carbocycles. The number of ether oxygens (including phenoxy) is 1. The number of aromatic nitrogens is 2. The molecule has 1 fully saturated rings. The highest BCUT2D eigenvalue weighted by molar-refractivity contribution is 5.94. The maximum absolute atomic E-state index is 12.9. The molecule has 1 aliphatic heterocycles. The van der Waals surface area contributed by atoms with E-state index in [2.05, 4.69) is 4.98 Å². The van der Waals surface area contributed by atoms with Gasteiger partial charge >= 0.3 is 0 Å². The van der Waals surface area contributed by atoms with Crippen LogP contribution in [0.4, 0.5) is 0 Å². The lowest BCUT2D eigenvalue weighted by atomic mass is 10.0. The average molecular weight is 364 g/mol. The first kappa shape index (κ1) is 17.5. The zero-order valence-electron chi connectivity index (χ0n) is 15.3. The second kappa shape index (κ2) is 7.80. The van der Waals surface area contributed by atoms with Crippen LogP contribution in [0.15, 0.2) is 54.9 Å². The van der Waals surface area contributed by atoms with Gasteiger partial charge in [0.2, 0.25) is 0 Å². The maximum Gasteiger partial charge on any atom is 0.254 e. The van der Waals surface area contributed by atoms with Crippen LogP contribution in [0.3, 0.4) is 0 Å². The highest BCUT2D eigenvalue weighted by atomic mass is 16.5. The zero-order valence-corrected chi connectivity index (χ0v) is 15.3. The topological polar surface area (TPSA) is 72.9 Å². The second-order valence-electron chi connectivity index (χ2n) is 6.90. The number of benzene rings is 1. The Morgan fingerprint density at radius 3 is 3.00 bits per heavy atom. The minimum absolute atomic E-state index is 0.0309. The number of likely N-dealkylation sites (tertiary alicyclic amines) is 1. The van der Waals surface area contributed by atoms with Crippen LogP contribution < -0.4 is 10.5 Å². The van der Waals surface area contributed by atoms with Crippen molar-refractivity contribution < 1.29 is 9.53 Å². The van der Waals surface area contributed by atoms with Gasteiger partial charge in [0.25, 0.3) is 5.91 Å². The molecular weight excluding hydrogens is 340 g/mol. The van der Waals surface area contributed by atoms with Crippen molar-refractivity contribution in [2.24, 2.45) is 5.73 Å². The van der Waals surface area contributed by atoms with Crippen LogP contribution in [0.1, 0.15) is 35.3 Å². The van der Waals surface area contributed by atoms with Crippen molar-refractivity contribution in [3.05, 3.63) is 66.1 Å². The van der Waals surface area contributed by atoms with E-state index in [1.807, 2.05) is 58.1 Å². The Labute approximate surface area is 158 Å². The van der Waals surface area contributed by atoms with Gasteiger partial charge in [-0.1, -0.05) is 12.1 Å². The number of amides is 1. The van der Waals surface area contributed by atoms with Gasteiger partial charge in [-0.3, -0.25) is 4.79 Å². The molecule has 6 nitrogen and oxygen atoms in total. The van der Waals surface area contributed by atoms with Gasteiger partial charge in [0.05, 0.1) is 5.69 Å². The van der Waals surface area contributed by atoms with Gasteiger partial charge < -0.3 is 19.8 Å². The fourth-order valence-electron chi connectivity index (χ4n) is 3.61. The lowest BCUT2D eigenvalue weighted by molar-refractivity contribution is 0.0623. The normalized spacial score (nSPS) is 17.2. The van der Waals surface area contributed by atoms with Crippen molar-refractivity contribution >= 4 is 11.6 Å². The van der Waals surface area contributed by atoms with E-state index in [0.29, 0.717) is 24.5 Å². The molecule has 0 aliphatic carbocycles. The van der Waals surface area contributed by atoms with Crippen molar-refractivity contribution in [3.63, 3.8) is 0 Å². The molecule has 1 amide bonds. The number of fused-ring (bicyclic) bond motifs is 1. The third-order valence-corrected chi connectivity index (χ3v) is 5.04. The summed E-state index contributed by atoms with van der Waals surface area (Å²) in [7, 11) is 0. The molecule has 2 N–H and O–H groups in total. The van der Waals surface area contributed by atoms with Gasteiger partial charge in [-0.15, -0.1) is 0 Å². The summed E-state index contributed by atoms with van der Waals surface area (Å²) in [6, 6.07) is 13.4. The molecule has 27 heavy (non-hydrogen) atoms. The number of nitrogens with two attached hydrogens (primary N) is 1. The molecule has 4 rings (SSSR count). The van der Waals surface area contributed by atoms with Crippen molar-refractivity contribution in [1.82, 2.24) is 14.3 Å².